The fraction of sp³-hybridized carbons (Fsp3) is 0.364. The minimum atomic E-state index is -0.179. The van der Waals surface area contributed by atoms with Crippen molar-refractivity contribution in [3.05, 3.63) is 53.6 Å². The zero-order valence-corrected chi connectivity index (χ0v) is 16.9. The maximum Gasteiger partial charge on any atom is 0.253 e. The molecular weight excluding hydrogens is 372 g/mol. The molecule has 0 saturated carbocycles. The molecule has 0 bridgehead atoms. The number of carbonyl (C=O) groups excluding carboxylic acids is 2. The van der Waals surface area contributed by atoms with Gasteiger partial charge in [-0.25, -0.2) is 0 Å². The van der Waals surface area contributed by atoms with E-state index in [9.17, 15) is 9.59 Å². The number of hydrogen-bond acceptors (Lipinski definition) is 5. The number of ether oxygens (including phenoxy) is 3. The number of methoxy groups -OCH3 is 3. The summed E-state index contributed by atoms with van der Waals surface area (Å²) in [5.74, 6) is 1.66. The van der Waals surface area contributed by atoms with Gasteiger partial charge in [-0.05, 0) is 49.2 Å². The lowest BCUT2D eigenvalue weighted by Gasteiger charge is -2.32. The van der Waals surface area contributed by atoms with Crippen LogP contribution < -0.4 is 19.5 Å². The monoisotopic (exact) mass is 398 g/mol. The molecular formula is C22H26N2O5. The van der Waals surface area contributed by atoms with Gasteiger partial charge in [0, 0.05) is 36.3 Å². The van der Waals surface area contributed by atoms with Gasteiger partial charge in [-0.3, -0.25) is 9.59 Å². The van der Waals surface area contributed by atoms with Crippen LogP contribution in [0.2, 0.25) is 0 Å². The average molecular weight is 398 g/mol. The number of carbonyl (C=O) groups is 2. The van der Waals surface area contributed by atoms with Crippen LogP contribution in [0.15, 0.2) is 42.5 Å². The van der Waals surface area contributed by atoms with Crippen LogP contribution in [0.4, 0.5) is 0 Å². The van der Waals surface area contributed by atoms with Crippen LogP contribution in [-0.4, -0.2) is 57.2 Å². The normalized spacial score (nSPS) is 14.2. The van der Waals surface area contributed by atoms with E-state index >= 15 is 0 Å². The number of piperidine rings is 1. The second-order valence-corrected chi connectivity index (χ2v) is 6.87. The number of rotatable bonds is 6. The van der Waals surface area contributed by atoms with Gasteiger partial charge < -0.3 is 24.4 Å². The first kappa shape index (κ1) is 20.5. The lowest BCUT2D eigenvalue weighted by atomic mass is 10.0. The molecule has 0 aromatic heterocycles. The molecule has 0 radical (unpaired) electrons. The van der Waals surface area contributed by atoms with Crippen molar-refractivity contribution in [1.29, 1.82) is 0 Å². The highest BCUT2D eigenvalue weighted by Gasteiger charge is 2.25. The molecule has 2 aromatic carbocycles. The molecule has 2 aromatic rings. The first-order valence-corrected chi connectivity index (χ1v) is 9.51. The minimum Gasteiger partial charge on any atom is -0.497 e. The Kier molecular flexibility index (Phi) is 6.59. The highest BCUT2D eigenvalue weighted by molar-refractivity contribution is 5.95. The number of nitrogens with one attached hydrogen (secondary N) is 1. The van der Waals surface area contributed by atoms with Gasteiger partial charge in [0.25, 0.3) is 11.8 Å². The Hall–Kier alpha value is -3.22. The molecule has 154 valence electrons. The summed E-state index contributed by atoms with van der Waals surface area (Å²) < 4.78 is 15.6. The van der Waals surface area contributed by atoms with Crippen molar-refractivity contribution in [2.24, 2.45) is 0 Å². The van der Waals surface area contributed by atoms with E-state index in [1.165, 1.54) is 0 Å². The summed E-state index contributed by atoms with van der Waals surface area (Å²) in [6.45, 7) is 1.19. The summed E-state index contributed by atoms with van der Waals surface area (Å²) in [4.78, 5) is 27.1. The number of likely N-dealkylation sites (tertiary alicyclic amines) is 1. The van der Waals surface area contributed by atoms with Crippen molar-refractivity contribution in [2.45, 2.75) is 18.9 Å². The van der Waals surface area contributed by atoms with Crippen molar-refractivity contribution in [3.63, 3.8) is 0 Å². The van der Waals surface area contributed by atoms with Crippen LogP contribution in [0.5, 0.6) is 17.2 Å². The Morgan fingerprint density at radius 2 is 1.38 bits per heavy atom. The van der Waals surface area contributed by atoms with Crippen molar-refractivity contribution < 1.29 is 23.8 Å². The van der Waals surface area contributed by atoms with E-state index < -0.39 is 0 Å². The predicted molar refractivity (Wildman–Crippen MR) is 109 cm³/mol. The van der Waals surface area contributed by atoms with E-state index in [0.717, 1.165) is 5.75 Å². The van der Waals surface area contributed by atoms with Crippen LogP contribution in [0.1, 0.15) is 33.6 Å². The Morgan fingerprint density at radius 3 is 1.90 bits per heavy atom. The molecule has 0 atom stereocenters. The lowest BCUT2D eigenvalue weighted by Crippen LogP contribution is -2.46. The molecule has 0 unspecified atom stereocenters. The molecule has 1 aliphatic heterocycles. The molecule has 1 N–H and O–H groups in total. The van der Waals surface area contributed by atoms with Crippen LogP contribution in [0.25, 0.3) is 0 Å². The third-order valence-electron chi connectivity index (χ3n) is 5.07. The standard InChI is InChI=1S/C22H26N2O5/c1-27-18-6-4-15(5-7-18)22(26)24-10-8-17(9-11-24)23-21(25)16-12-19(28-2)14-20(13-16)29-3/h4-7,12-14,17H,8-11H2,1-3H3,(H,23,25). The first-order chi connectivity index (χ1) is 14.0. The summed E-state index contributed by atoms with van der Waals surface area (Å²) in [5.41, 5.74) is 1.12. The highest BCUT2D eigenvalue weighted by atomic mass is 16.5. The Labute approximate surface area is 170 Å². The van der Waals surface area contributed by atoms with Crippen molar-refractivity contribution in [2.75, 3.05) is 34.4 Å². The Bertz CT molecular complexity index is 836. The maximum atomic E-state index is 12.7. The van der Waals surface area contributed by atoms with Gasteiger partial charge in [-0.15, -0.1) is 0 Å². The first-order valence-electron chi connectivity index (χ1n) is 9.51. The van der Waals surface area contributed by atoms with Crippen molar-refractivity contribution in [3.8, 4) is 17.2 Å². The highest BCUT2D eigenvalue weighted by Crippen LogP contribution is 2.23. The SMILES string of the molecule is COc1ccc(C(=O)N2CCC(NC(=O)c3cc(OC)cc(OC)c3)CC2)cc1. The minimum absolute atomic E-state index is 0.00467. The molecule has 2 amide bonds. The molecule has 1 aliphatic rings. The van der Waals surface area contributed by atoms with Crippen LogP contribution in [0.3, 0.4) is 0 Å². The van der Waals surface area contributed by atoms with E-state index in [-0.39, 0.29) is 17.9 Å². The summed E-state index contributed by atoms with van der Waals surface area (Å²) >= 11 is 0. The number of nitrogens with zero attached hydrogens (tertiary/aromatic N) is 1. The molecule has 7 heteroatoms. The molecule has 29 heavy (non-hydrogen) atoms. The van der Waals surface area contributed by atoms with Crippen LogP contribution in [-0.2, 0) is 0 Å². The number of amides is 2. The van der Waals surface area contributed by atoms with E-state index in [2.05, 4.69) is 5.32 Å². The van der Waals surface area contributed by atoms with Crippen LogP contribution >= 0.6 is 0 Å². The zero-order chi connectivity index (χ0) is 20.8. The van der Waals surface area contributed by atoms with Gasteiger partial charge in [-0.1, -0.05) is 0 Å². The molecule has 7 nitrogen and oxygen atoms in total. The van der Waals surface area contributed by atoms with Crippen molar-refractivity contribution >= 4 is 11.8 Å². The van der Waals surface area contributed by atoms with Gasteiger partial charge in [0.2, 0.25) is 0 Å². The molecule has 0 aliphatic carbocycles. The summed E-state index contributed by atoms with van der Waals surface area (Å²) in [6.07, 6.45) is 1.41. The number of hydrogen-bond donors (Lipinski definition) is 1. The van der Waals surface area contributed by atoms with E-state index in [4.69, 9.17) is 14.2 Å². The van der Waals surface area contributed by atoms with Crippen LogP contribution in [0, 0.1) is 0 Å². The zero-order valence-electron chi connectivity index (χ0n) is 16.9. The molecule has 0 spiro atoms. The van der Waals surface area contributed by atoms with Gasteiger partial charge in [0.05, 0.1) is 21.3 Å². The second kappa shape index (κ2) is 9.32. The summed E-state index contributed by atoms with van der Waals surface area (Å²) in [6, 6.07) is 12.2. The van der Waals surface area contributed by atoms with E-state index in [1.807, 2.05) is 4.90 Å². The summed E-state index contributed by atoms with van der Waals surface area (Å²) in [5, 5.41) is 3.05. The summed E-state index contributed by atoms with van der Waals surface area (Å²) in [7, 11) is 4.69. The van der Waals surface area contributed by atoms with Gasteiger partial charge in [0.1, 0.15) is 17.2 Å². The van der Waals surface area contributed by atoms with E-state index in [0.29, 0.717) is 48.6 Å². The fourth-order valence-electron chi connectivity index (χ4n) is 3.35. The number of benzene rings is 2. The van der Waals surface area contributed by atoms with Gasteiger partial charge in [0.15, 0.2) is 0 Å². The third kappa shape index (κ3) is 4.99. The third-order valence-corrected chi connectivity index (χ3v) is 5.07. The largest absolute Gasteiger partial charge is 0.497 e. The topological polar surface area (TPSA) is 77.1 Å². The molecule has 3 rings (SSSR count). The smallest absolute Gasteiger partial charge is 0.253 e. The van der Waals surface area contributed by atoms with E-state index in [1.54, 1.807) is 63.8 Å². The van der Waals surface area contributed by atoms with Gasteiger partial charge in [-0.2, -0.15) is 0 Å². The average Bonchev–Trinajstić information content (AvgIpc) is 2.78. The van der Waals surface area contributed by atoms with Crippen molar-refractivity contribution in [1.82, 2.24) is 10.2 Å². The Morgan fingerprint density at radius 1 is 0.828 bits per heavy atom. The quantitative estimate of drug-likeness (QED) is 0.810. The van der Waals surface area contributed by atoms with Gasteiger partial charge >= 0.3 is 0 Å². The molecule has 1 saturated heterocycles. The maximum absolute atomic E-state index is 12.7. The lowest BCUT2D eigenvalue weighted by molar-refractivity contribution is 0.0698. The Balaban J connectivity index is 1.56. The predicted octanol–water partition coefficient (Wildman–Crippen LogP) is 2.75. The molecule has 1 fully saturated rings. The second-order valence-electron chi connectivity index (χ2n) is 6.87. The molecule has 1 heterocycles. The fourth-order valence-corrected chi connectivity index (χ4v) is 3.35.